The molecule has 1 aromatic heterocycles. The molecule has 1 fully saturated rings. The highest BCUT2D eigenvalue weighted by Gasteiger charge is 2.36. The third kappa shape index (κ3) is 2.17. The topological polar surface area (TPSA) is 31.4 Å². The lowest BCUT2D eigenvalue weighted by atomic mass is 10.1. The van der Waals surface area contributed by atoms with E-state index in [4.69, 9.17) is 0 Å². The molecule has 2 aliphatic heterocycles. The van der Waals surface area contributed by atoms with Crippen LogP contribution in [-0.4, -0.2) is 42.7 Å². The molecular formula is C12H15F3N4. The molecule has 19 heavy (non-hydrogen) atoms. The summed E-state index contributed by atoms with van der Waals surface area (Å²) < 4.78 is 38.1. The number of rotatable bonds is 0. The Kier molecular flexibility index (Phi) is 2.90. The predicted molar refractivity (Wildman–Crippen MR) is 64.7 cm³/mol. The van der Waals surface area contributed by atoms with Crippen LogP contribution in [0.15, 0.2) is 12.3 Å². The molecule has 104 valence electrons. The number of halogens is 3. The van der Waals surface area contributed by atoms with Crippen LogP contribution in [0.5, 0.6) is 0 Å². The van der Waals surface area contributed by atoms with Crippen molar-refractivity contribution in [1.82, 2.24) is 15.2 Å². The zero-order valence-corrected chi connectivity index (χ0v) is 10.5. The van der Waals surface area contributed by atoms with Gasteiger partial charge in [-0.05, 0) is 13.1 Å². The first kappa shape index (κ1) is 12.7. The van der Waals surface area contributed by atoms with E-state index in [1.165, 1.54) is 6.07 Å². The Labute approximate surface area is 109 Å². The quantitative estimate of drug-likeness (QED) is 0.771. The summed E-state index contributed by atoms with van der Waals surface area (Å²) in [6.45, 7) is 2.89. The van der Waals surface area contributed by atoms with Crippen molar-refractivity contribution in [3.63, 3.8) is 0 Å². The van der Waals surface area contributed by atoms with Gasteiger partial charge >= 0.3 is 6.18 Å². The van der Waals surface area contributed by atoms with Crippen molar-refractivity contribution in [3.8, 4) is 0 Å². The molecule has 0 radical (unpaired) electrons. The maximum atomic E-state index is 12.7. The van der Waals surface area contributed by atoms with Crippen LogP contribution in [0.1, 0.15) is 11.1 Å². The summed E-state index contributed by atoms with van der Waals surface area (Å²) in [5.74, 6) is 0.692. The number of fused-ring (bicyclic) bond motifs is 3. The van der Waals surface area contributed by atoms with Crippen LogP contribution in [-0.2, 0) is 12.7 Å². The molecule has 0 saturated carbocycles. The second kappa shape index (κ2) is 4.35. The van der Waals surface area contributed by atoms with Gasteiger partial charge in [0.15, 0.2) is 0 Å². The van der Waals surface area contributed by atoms with Gasteiger partial charge in [-0.2, -0.15) is 13.2 Å². The number of nitrogens with zero attached hydrogens (tertiary/aromatic N) is 3. The fourth-order valence-electron chi connectivity index (χ4n) is 2.74. The van der Waals surface area contributed by atoms with E-state index in [-0.39, 0.29) is 6.17 Å². The minimum absolute atomic E-state index is 0.172. The van der Waals surface area contributed by atoms with E-state index < -0.39 is 11.7 Å². The van der Waals surface area contributed by atoms with Crippen LogP contribution < -0.4 is 10.2 Å². The van der Waals surface area contributed by atoms with Crippen molar-refractivity contribution in [1.29, 1.82) is 0 Å². The van der Waals surface area contributed by atoms with Crippen molar-refractivity contribution in [2.75, 3.05) is 31.6 Å². The fraction of sp³-hybridized carbons (Fsp3) is 0.583. The highest BCUT2D eigenvalue weighted by molar-refractivity contribution is 5.52. The molecule has 1 saturated heterocycles. The number of aromatic nitrogens is 1. The molecule has 7 heteroatoms. The first-order valence-electron chi connectivity index (χ1n) is 6.20. The molecule has 3 rings (SSSR count). The molecule has 0 spiro atoms. The van der Waals surface area contributed by atoms with Gasteiger partial charge in [0, 0.05) is 37.9 Å². The molecule has 0 amide bonds. The number of nitrogens with one attached hydrogen (secondary N) is 1. The molecule has 2 aliphatic rings. The summed E-state index contributed by atoms with van der Waals surface area (Å²) in [5, 5.41) is 3.29. The van der Waals surface area contributed by atoms with Gasteiger partial charge in [-0.15, -0.1) is 0 Å². The Morgan fingerprint density at radius 3 is 2.95 bits per heavy atom. The SMILES string of the molecule is CN1Cc2cc(C(F)(F)F)cnc2N2CCNC[C@@H]12. The summed E-state index contributed by atoms with van der Waals surface area (Å²) in [5.41, 5.74) is -0.0243. The zero-order chi connectivity index (χ0) is 13.6. The van der Waals surface area contributed by atoms with Crippen LogP contribution in [0.4, 0.5) is 19.0 Å². The van der Waals surface area contributed by atoms with Gasteiger partial charge in [0.1, 0.15) is 5.82 Å². The molecule has 0 unspecified atom stereocenters. The predicted octanol–water partition coefficient (Wildman–Crippen LogP) is 1.28. The van der Waals surface area contributed by atoms with Crippen LogP contribution in [0.2, 0.25) is 0 Å². The second-order valence-electron chi connectivity index (χ2n) is 5.00. The monoisotopic (exact) mass is 272 g/mol. The smallest absolute Gasteiger partial charge is 0.338 e. The lowest BCUT2D eigenvalue weighted by Crippen LogP contribution is -2.60. The number of hydrogen-bond donors (Lipinski definition) is 1. The molecule has 0 aliphatic carbocycles. The zero-order valence-electron chi connectivity index (χ0n) is 10.5. The lowest BCUT2D eigenvalue weighted by Gasteiger charge is -2.46. The van der Waals surface area contributed by atoms with Gasteiger partial charge in [-0.3, -0.25) is 4.90 Å². The first-order chi connectivity index (χ1) is 8.97. The molecule has 1 N–H and O–H groups in total. The summed E-state index contributed by atoms with van der Waals surface area (Å²) >= 11 is 0. The second-order valence-corrected chi connectivity index (χ2v) is 5.00. The van der Waals surface area contributed by atoms with Gasteiger partial charge in [0.25, 0.3) is 0 Å². The molecule has 1 aromatic rings. The Morgan fingerprint density at radius 1 is 1.42 bits per heavy atom. The largest absolute Gasteiger partial charge is 0.417 e. The van der Waals surface area contributed by atoms with Gasteiger partial charge in [-0.25, -0.2) is 4.98 Å². The van der Waals surface area contributed by atoms with Crippen molar-refractivity contribution >= 4 is 5.82 Å². The normalized spacial score (nSPS) is 24.0. The Balaban J connectivity index is 2.00. The van der Waals surface area contributed by atoms with E-state index in [1.54, 1.807) is 0 Å². The van der Waals surface area contributed by atoms with Crippen LogP contribution in [0.25, 0.3) is 0 Å². The van der Waals surface area contributed by atoms with Crippen LogP contribution in [0, 0.1) is 0 Å². The number of hydrogen-bond acceptors (Lipinski definition) is 4. The van der Waals surface area contributed by atoms with Crippen molar-refractivity contribution in [2.24, 2.45) is 0 Å². The maximum Gasteiger partial charge on any atom is 0.417 e. The molecule has 0 bridgehead atoms. The van der Waals surface area contributed by atoms with Crippen LogP contribution >= 0.6 is 0 Å². The number of piperazine rings is 1. The highest BCUT2D eigenvalue weighted by Crippen LogP contribution is 2.34. The minimum atomic E-state index is -4.33. The molecule has 4 nitrogen and oxygen atoms in total. The average molecular weight is 272 g/mol. The summed E-state index contributed by atoms with van der Waals surface area (Å²) in [6.07, 6.45) is -3.23. The number of pyridine rings is 1. The minimum Gasteiger partial charge on any atom is -0.338 e. The van der Waals surface area contributed by atoms with Crippen LogP contribution in [0.3, 0.4) is 0 Å². The summed E-state index contributed by atoms with van der Waals surface area (Å²) in [6, 6.07) is 1.22. The third-order valence-electron chi connectivity index (χ3n) is 3.69. The summed E-state index contributed by atoms with van der Waals surface area (Å²) in [4.78, 5) is 8.19. The first-order valence-corrected chi connectivity index (χ1v) is 6.20. The van der Waals surface area contributed by atoms with E-state index in [2.05, 4.69) is 20.1 Å². The van der Waals surface area contributed by atoms with E-state index in [0.29, 0.717) is 17.9 Å². The van der Waals surface area contributed by atoms with Crippen molar-refractivity contribution in [3.05, 3.63) is 23.4 Å². The van der Waals surface area contributed by atoms with Gasteiger partial charge in [-0.1, -0.05) is 0 Å². The average Bonchev–Trinajstić information content (AvgIpc) is 2.37. The van der Waals surface area contributed by atoms with Gasteiger partial charge in [0.2, 0.25) is 0 Å². The fourth-order valence-corrected chi connectivity index (χ4v) is 2.74. The Bertz CT molecular complexity index is 488. The van der Waals surface area contributed by atoms with E-state index >= 15 is 0 Å². The maximum absolute atomic E-state index is 12.7. The van der Waals surface area contributed by atoms with E-state index in [1.807, 2.05) is 7.05 Å². The van der Waals surface area contributed by atoms with Gasteiger partial charge in [0.05, 0.1) is 11.7 Å². The third-order valence-corrected chi connectivity index (χ3v) is 3.69. The molecule has 3 heterocycles. The van der Waals surface area contributed by atoms with Crippen molar-refractivity contribution in [2.45, 2.75) is 18.9 Å². The number of likely N-dealkylation sites (N-methyl/N-ethyl adjacent to an activating group) is 1. The molecule has 0 aromatic carbocycles. The number of anilines is 1. The standard InChI is InChI=1S/C12H15F3N4/c1-18-7-8-4-9(12(13,14)15)5-17-11(8)19-3-2-16-6-10(18)19/h4-5,10,16H,2-3,6-7H2,1H3/t10-/m0/s1. The van der Waals surface area contributed by atoms with Crippen molar-refractivity contribution < 1.29 is 13.2 Å². The molecular weight excluding hydrogens is 257 g/mol. The lowest BCUT2D eigenvalue weighted by molar-refractivity contribution is -0.137. The van der Waals surface area contributed by atoms with E-state index in [9.17, 15) is 13.2 Å². The number of alkyl halides is 3. The Morgan fingerprint density at radius 2 is 2.21 bits per heavy atom. The van der Waals surface area contributed by atoms with E-state index in [0.717, 1.165) is 25.8 Å². The Hall–Kier alpha value is -1.34. The van der Waals surface area contributed by atoms with Gasteiger partial charge < -0.3 is 10.2 Å². The summed E-state index contributed by atoms with van der Waals surface area (Å²) in [7, 11) is 1.92. The highest BCUT2D eigenvalue weighted by atomic mass is 19.4. The molecule has 1 atom stereocenters.